The van der Waals surface area contributed by atoms with E-state index in [9.17, 15) is 80.1 Å². The van der Waals surface area contributed by atoms with E-state index in [0.29, 0.717) is 37.5 Å². The number of aliphatic hydroxyl groups is 10. The number of ether oxygens (including phenoxy) is 4. The van der Waals surface area contributed by atoms with Gasteiger partial charge in [-0.05, 0) is 58.8 Å². The third kappa shape index (κ3) is 24.7. The normalized spacial score (nSPS) is 40.5. The van der Waals surface area contributed by atoms with Crippen molar-refractivity contribution >= 4 is 41.5 Å². The van der Waals surface area contributed by atoms with Crippen LogP contribution in [-0.2, 0) is 38.1 Å². The van der Waals surface area contributed by atoms with Gasteiger partial charge in [0.05, 0.1) is 85.6 Å². The molecule has 88 heavy (non-hydrogen) atoms. The first-order valence-corrected chi connectivity index (χ1v) is 32.1. The molecule has 4 saturated heterocycles. The predicted molar refractivity (Wildman–Crippen MR) is 326 cm³/mol. The quantitative estimate of drug-likeness (QED) is 0.0635. The largest absolute Gasteiger partial charge is 0.481 e. The number of carboxylic acids is 1. The fourth-order valence-electron chi connectivity index (χ4n) is 11.5. The zero-order valence-corrected chi connectivity index (χ0v) is 51.8. The molecule has 5 heterocycles. The zero-order valence-electron chi connectivity index (χ0n) is 50.9. The molecule has 0 unspecified atom stereocenters. The van der Waals surface area contributed by atoms with Crippen LogP contribution < -0.4 is 21.3 Å². The molecule has 2 bridgehead atoms. The maximum atomic E-state index is 13.3. The molecule has 5 rings (SSSR count). The first-order valence-electron chi connectivity index (χ1n) is 31.0. The number of esters is 1. The minimum Gasteiger partial charge on any atom is -0.481 e. The Balaban J connectivity index is 1.23. The van der Waals surface area contributed by atoms with E-state index in [4.69, 9.17) is 18.9 Å². The van der Waals surface area contributed by atoms with Crippen LogP contribution in [0.4, 0.5) is 4.79 Å². The Morgan fingerprint density at radius 1 is 0.670 bits per heavy atom. The van der Waals surface area contributed by atoms with Gasteiger partial charge in [-0.2, -0.15) is 11.8 Å². The first kappa shape index (κ1) is 73.9. The highest BCUT2D eigenvalue weighted by Crippen LogP contribution is 2.39. The molecule has 5 aliphatic heterocycles. The highest BCUT2D eigenvalue weighted by Gasteiger charge is 2.51. The molecular weight excluding hydrogens is 1160 g/mol. The molecule has 4 fully saturated rings. The van der Waals surface area contributed by atoms with Crippen LogP contribution in [0.25, 0.3) is 0 Å². The SMILES string of the molecule is C[C@@H]1[C@H](O)[C@@H](C)/C=C/C=C/C=C/C=C/C=C/C=C/C=C/[C@H](O[C@@H]2O[C@H](C)[C@@H](O)[C@H](NC(=O)CCCCCNC(=O)CCCC[C@@H]3SC[C@@H]4NC(=O)N[C@@H]43)[C@@H]2O)C[C@@H]2O[C@](O)(C[C@@H](O)C[C@@H](O)[C@H](O)CC[C@@H](O)C[C@@H](O)CC(=O)O[C@H]1C)C[C@H](O)[C@H]2C(=O)O. The number of amides is 4. The maximum absolute atomic E-state index is 13.3. The predicted octanol–water partition coefficient (Wildman–Crippen LogP) is 2.27. The fraction of sp³-hybridized carbons (Fsp3) is 0.698. The highest BCUT2D eigenvalue weighted by atomic mass is 32.2. The topological polar surface area (TPSA) is 393 Å². The summed E-state index contributed by atoms with van der Waals surface area (Å²) in [6.45, 7) is 7.13. The van der Waals surface area contributed by atoms with Gasteiger partial charge in [-0.3, -0.25) is 19.2 Å². The van der Waals surface area contributed by atoms with Gasteiger partial charge >= 0.3 is 18.0 Å². The number of carbonyl (C=O) groups is 5. The van der Waals surface area contributed by atoms with E-state index in [1.165, 1.54) is 13.0 Å². The number of urea groups is 1. The third-order valence-corrected chi connectivity index (χ3v) is 18.3. The van der Waals surface area contributed by atoms with Gasteiger partial charge in [0.15, 0.2) is 12.1 Å². The summed E-state index contributed by atoms with van der Waals surface area (Å²) in [5.41, 5.74) is 0. The molecule has 0 radical (unpaired) electrons. The summed E-state index contributed by atoms with van der Waals surface area (Å²) in [6, 6.07) is -1.14. The van der Waals surface area contributed by atoms with Gasteiger partial charge in [-0.1, -0.05) is 112 Å². The molecule has 0 saturated carbocycles. The number of aliphatic carboxylic acids is 1. The summed E-state index contributed by atoms with van der Waals surface area (Å²) >= 11 is 1.84. The third-order valence-electron chi connectivity index (χ3n) is 16.8. The number of allylic oxidation sites excluding steroid dienone is 12. The summed E-state index contributed by atoms with van der Waals surface area (Å²) in [4.78, 5) is 63.0. The maximum Gasteiger partial charge on any atom is 0.315 e. The smallest absolute Gasteiger partial charge is 0.315 e. The number of unbranched alkanes of at least 4 members (excludes halogenated alkanes) is 3. The van der Waals surface area contributed by atoms with Crippen LogP contribution in [0.1, 0.15) is 130 Å². The second kappa shape index (κ2) is 37.5. The van der Waals surface area contributed by atoms with Crippen LogP contribution in [0, 0.1) is 17.8 Å². The minimum absolute atomic E-state index is 0.0353. The Labute approximate surface area is 520 Å². The number of thioether (sulfide) groups is 1. The van der Waals surface area contributed by atoms with E-state index < -0.39 is 159 Å². The van der Waals surface area contributed by atoms with Crippen LogP contribution in [0.3, 0.4) is 0 Å². The lowest BCUT2D eigenvalue weighted by atomic mass is 9.82. The number of fused-ring (bicyclic) bond motifs is 3. The van der Waals surface area contributed by atoms with E-state index in [1.54, 1.807) is 86.8 Å². The van der Waals surface area contributed by atoms with Crippen molar-refractivity contribution in [2.45, 2.75) is 245 Å². The van der Waals surface area contributed by atoms with Crippen LogP contribution in [0.2, 0.25) is 0 Å². The Hall–Kier alpha value is -4.84. The van der Waals surface area contributed by atoms with Gasteiger partial charge in [-0.15, -0.1) is 0 Å². The lowest BCUT2D eigenvalue weighted by Gasteiger charge is -2.45. The molecule has 4 amide bonds. The zero-order chi connectivity index (χ0) is 64.5. The number of carboxylic acid groups (broad SMARTS) is 1. The summed E-state index contributed by atoms with van der Waals surface area (Å²) in [7, 11) is 0. The van der Waals surface area contributed by atoms with E-state index in [-0.39, 0.29) is 55.6 Å². The van der Waals surface area contributed by atoms with Crippen molar-refractivity contribution in [3.63, 3.8) is 0 Å². The van der Waals surface area contributed by atoms with Crippen LogP contribution in [0.15, 0.2) is 85.1 Å². The number of nitrogens with one attached hydrogen (secondary N) is 4. The van der Waals surface area contributed by atoms with Gasteiger partial charge in [-0.25, -0.2) is 4.79 Å². The van der Waals surface area contributed by atoms with Crippen LogP contribution in [-0.4, -0.2) is 213 Å². The van der Waals surface area contributed by atoms with Gasteiger partial charge in [0, 0.05) is 67.9 Å². The summed E-state index contributed by atoms with van der Waals surface area (Å²) in [5, 5.41) is 133. The number of hydrogen-bond acceptors (Lipinski definition) is 20. The van der Waals surface area contributed by atoms with Gasteiger partial charge in [0.2, 0.25) is 11.8 Å². The number of cyclic esters (lactones) is 1. The molecule has 496 valence electrons. The molecule has 0 aromatic rings. The van der Waals surface area contributed by atoms with Crippen LogP contribution >= 0.6 is 11.8 Å². The summed E-state index contributed by atoms with van der Waals surface area (Å²) in [6.07, 6.45) is 6.33. The summed E-state index contributed by atoms with van der Waals surface area (Å²) < 4.78 is 23.8. The van der Waals surface area contributed by atoms with Crippen molar-refractivity contribution in [2.75, 3.05) is 12.3 Å². The highest BCUT2D eigenvalue weighted by molar-refractivity contribution is 8.00. The molecular formula is C63H98N4O20S. The Morgan fingerprint density at radius 3 is 1.98 bits per heavy atom. The van der Waals surface area contributed by atoms with E-state index in [2.05, 4.69) is 21.3 Å². The van der Waals surface area contributed by atoms with Gasteiger partial charge in [0.25, 0.3) is 0 Å². The molecule has 24 nitrogen and oxygen atoms in total. The molecule has 0 aliphatic carbocycles. The van der Waals surface area contributed by atoms with Crippen molar-refractivity contribution in [1.29, 1.82) is 0 Å². The molecule has 22 atom stereocenters. The number of aliphatic hydroxyl groups excluding tert-OH is 9. The molecule has 0 spiro atoms. The average molecular weight is 1260 g/mol. The van der Waals surface area contributed by atoms with E-state index in [1.807, 2.05) is 24.8 Å². The minimum atomic E-state index is -2.40. The van der Waals surface area contributed by atoms with Crippen molar-refractivity contribution < 1.29 is 99.1 Å². The van der Waals surface area contributed by atoms with E-state index >= 15 is 0 Å². The Morgan fingerprint density at radius 2 is 1.31 bits per heavy atom. The molecule has 0 aromatic heterocycles. The molecule has 5 aliphatic rings. The average Bonchev–Trinajstić information content (AvgIpc) is 4.24. The Bertz CT molecular complexity index is 2410. The lowest BCUT2D eigenvalue weighted by molar-refractivity contribution is -0.309. The molecule has 15 N–H and O–H groups in total. The number of hydrogen-bond donors (Lipinski definition) is 15. The van der Waals surface area contributed by atoms with Crippen molar-refractivity contribution in [2.24, 2.45) is 17.8 Å². The van der Waals surface area contributed by atoms with Gasteiger partial charge < -0.3 is 96.4 Å². The van der Waals surface area contributed by atoms with Crippen LogP contribution in [0.5, 0.6) is 0 Å². The van der Waals surface area contributed by atoms with Gasteiger partial charge in [0.1, 0.15) is 24.2 Å². The van der Waals surface area contributed by atoms with E-state index in [0.717, 1.165) is 25.0 Å². The number of carbonyl (C=O) groups excluding carboxylic acids is 4. The first-order chi connectivity index (χ1) is 41.8. The monoisotopic (exact) mass is 1260 g/mol. The number of rotatable bonds is 15. The lowest BCUT2D eigenvalue weighted by Crippen LogP contribution is -2.64. The Kier molecular flexibility index (Phi) is 31.5. The molecule has 0 aromatic carbocycles. The molecule has 25 heteroatoms. The summed E-state index contributed by atoms with van der Waals surface area (Å²) in [5.74, 6) is -6.74. The second-order valence-corrected chi connectivity index (χ2v) is 25.4. The van der Waals surface area contributed by atoms with Crippen molar-refractivity contribution in [1.82, 2.24) is 21.3 Å². The van der Waals surface area contributed by atoms with Crippen molar-refractivity contribution in [3.8, 4) is 0 Å². The standard InChI is InChI=1S/C63H98N4O20S/c1-37-22-16-13-11-9-7-5-6-8-10-12-14-17-23-44(86-61-59(79)56(58(78)40(4)85-61)66-52(75)26-18-15-21-29-64-51(74)25-20-19-24-50-55-45(36-88-50)65-62(82)67-55)33-49-54(60(80)81)48(73)35-63(83,87-49)34-43(70)31-47(72)46(71)28-27-41(68)30-42(69)32-53(76)84-39(3)38(2)57(37)77/h5-14,16-17,22-23,37-50,54-59,61,68-73,77-79,83H,15,18-21,24-36H2,1-4H3,(H,64,74)(H,66,75)(H,80,81)(H2,65,67,82)/b6-5+,9-7+,10-8+,13-11+,14-12+,22-16+,23-17+/t37-,38-,39-,40+,41+,42+,43-,44-,45-,46+,47+,48-,49-,50-,54+,55-,56-,57+,58+,59-,61-,63+/m0/s1. The fourth-order valence-corrected chi connectivity index (χ4v) is 13.1. The van der Waals surface area contributed by atoms with Crippen molar-refractivity contribution in [3.05, 3.63) is 85.1 Å². The second-order valence-electron chi connectivity index (χ2n) is 24.1.